The topological polar surface area (TPSA) is 57.1 Å². The van der Waals surface area contributed by atoms with Gasteiger partial charge in [0.2, 0.25) is 0 Å². The molecule has 1 amide bonds. The lowest BCUT2D eigenvalue weighted by Crippen LogP contribution is -2.50. The maximum Gasteiger partial charge on any atom is 0.276 e. The Morgan fingerprint density at radius 1 is 1.10 bits per heavy atom. The van der Waals surface area contributed by atoms with Crippen molar-refractivity contribution in [3.63, 3.8) is 0 Å². The molecule has 3 aromatic rings. The van der Waals surface area contributed by atoms with Crippen molar-refractivity contribution in [1.29, 1.82) is 0 Å². The monoisotopic (exact) mass is 432 g/mol. The van der Waals surface area contributed by atoms with Crippen LogP contribution < -0.4 is 15.9 Å². The van der Waals surface area contributed by atoms with Crippen LogP contribution in [0.15, 0.2) is 70.1 Å². The molecule has 7 heteroatoms. The lowest BCUT2D eigenvalue weighted by molar-refractivity contribution is -0.116. The fraction of sp³-hybridized carbons (Fsp3) is 0.174. The number of benzene rings is 2. The number of nitrogens with one attached hydrogen (secondary N) is 1. The van der Waals surface area contributed by atoms with Crippen LogP contribution in [-0.4, -0.2) is 16.1 Å². The third-order valence-electron chi connectivity index (χ3n) is 5.15. The van der Waals surface area contributed by atoms with Crippen LogP contribution >= 0.6 is 23.1 Å². The van der Waals surface area contributed by atoms with Crippen LogP contribution in [0.5, 0.6) is 0 Å². The SMILES string of the molecule is Cc1ccc(CSC2=NN3C(=c4ccccc4=N[C@@H]3c3sccc3C)C(=O)N2)cc1. The molecule has 0 aliphatic carbocycles. The first-order valence-electron chi connectivity index (χ1n) is 9.69. The van der Waals surface area contributed by atoms with Gasteiger partial charge in [0, 0.05) is 11.0 Å². The van der Waals surface area contributed by atoms with Gasteiger partial charge in [0.15, 0.2) is 11.3 Å². The van der Waals surface area contributed by atoms with Gasteiger partial charge in [0.05, 0.1) is 10.2 Å². The van der Waals surface area contributed by atoms with E-state index in [1.54, 1.807) is 16.3 Å². The second kappa shape index (κ2) is 7.74. The normalized spacial score (nSPS) is 17.6. The number of thiophene rings is 1. The van der Waals surface area contributed by atoms with Crippen molar-refractivity contribution in [2.75, 3.05) is 0 Å². The van der Waals surface area contributed by atoms with Gasteiger partial charge in [0.25, 0.3) is 5.91 Å². The molecule has 0 saturated carbocycles. The average Bonchev–Trinajstić information content (AvgIpc) is 3.18. The molecular weight excluding hydrogens is 412 g/mol. The van der Waals surface area contributed by atoms with E-state index < -0.39 is 0 Å². The molecule has 5 rings (SSSR count). The highest BCUT2D eigenvalue weighted by molar-refractivity contribution is 8.13. The van der Waals surface area contributed by atoms with Gasteiger partial charge >= 0.3 is 0 Å². The second-order valence-corrected chi connectivity index (χ2v) is 9.23. The predicted octanol–water partition coefficient (Wildman–Crippen LogP) is 3.44. The van der Waals surface area contributed by atoms with E-state index in [4.69, 9.17) is 10.1 Å². The van der Waals surface area contributed by atoms with Gasteiger partial charge in [0.1, 0.15) is 5.70 Å². The molecule has 3 heterocycles. The Bertz CT molecular complexity index is 1280. The summed E-state index contributed by atoms with van der Waals surface area (Å²) in [4.78, 5) is 19.2. The Kier molecular flexibility index (Phi) is 4.92. The summed E-state index contributed by atoms with van der Waals surface area (Å²) in [5, 5.41) is 13.9. The minimum absolute atomic E-state index is 0.141. The van der Waals surface area contributed by atoms with Crippen LogP contribution in [0.3, 0.4) is 0 Å². The van der Waals surface area contributed by atoms with Gasteiger partial charge in [-0.05, 0) is 42.5 Å². The number of nitrogens with zero attached hydrogens (tertiary/aromatic N) is 3. The molecule has 0 bridgehead atoms. The third kappa shape index (κ3) is 3.44. The summed E-state index contributed by atoms with van der Waals surface area (Å²) in [6.07, 6.45) is -0.337. The number of carbonyl (C=O) groups is 1. The minimum atomic E-state index is -0.337. The summed E-state index contributed by atoms with van der Waals surface area (Å²) < 4.78 is 0. The number of aryl methyl sites for hydroxylation is 2. The number of carbonyl (C=O) groups excluding carboxylic acids is 1. The molecule has 0 saturated heterocycles. The zero-order valence-electron chi connectivity index (χ0n) is 16.6. The summed E-state index contributed by atoms with van der Waals surface area (Å²) >= 11 is 3.17. The highest BCUT2D eigenvalue weighted by Gasteiger charge is 2.35. The van der Waals surface area contributed by atoms with E-state index >= 15 is 0 Å². The fourth-order valence-electron chi connectivity index (χ4n) is 3.55. The van der Waals surface area contributed by atoms with Crippen LogP contribution in [0.4, 0.5) is 0 Å². The summed E-state index contributed by atoms with van der Waals surface area (Å²) in [7, 11) is 0. The van der Waals surface area contributed by atoms with E-state index in [9.17, 15) is 4.79 Å². The molecule has 2 aromatic carbocycles. The molecule has 1 aromatic heterocycles. The smallest absolute Gasteiger partial charge is 0.276 e. The molecule has 0 fully saturated rings. The van der Waals surface area contributed by atoms with Crippen LogP contribution in [0.25, 0.3) is 5.70 Å². The Labute approximate surface area is 182 Å². The first-order chi connectivity index (χ1) is 14.6. The summed E-state index contributed by atoms with van der Waals surface area (Å²) in [5.74, 6) is 0.594. The van der Waals surface area contributed by atoms with Crippen molar-refractivity contribution < 1.29 is 4.79 Å². The summed E-state index contributed by atoms with van der Waals surface area (Å²) in [5.41, 5.74) is 4.13. The van der Waals surface area contributed by atoms with E-state index in [2.05, 4.69) is 54.9 Å². The van der Waals surface area contributed by atoms with E-state index in [1.807, 2.05) is 24.3 Å². The number of amidine groups is 1. The number of hydrogen-bond acceptors (Lipinski definition) is 6. The fourth-order valence-corrected chi connectivity index (χ4v) is 5.30. The second-order valence-electron chi connectivity index (χ2n) is 7.31. The van der Waals surface area contributed by atoms with E-state index in [0.717, 1.165) is 26.8 Å². The number of para-hydroxylation sites is 1. The molecule has 1 N–H and O–H groups in total. The van der Waals surface area contributed by atoms with Crippen molar-refractivity contribution in [2.45, 2.75) is 25.8 Å². The van der Waals surface area contributed by atoms with Gasteiger partial charge in [-0.15, -0.1) is 16.4 Å². The van der Waals surface area contributed by atoms with Gasteiger partial charge in [-0.1, -0.05) is 59.8 Å². The van der Waals surface area contributed by atoms with Crippen molar-refractivity contribution in [3.05, 3.63) is 92.1 Å². The number of rotatable bonds is 3. The first kappa shape index (κ1) is 19.1. The Morgan fingerprint density at radius 3 is 2.67 bits per heavy atom. The maximum atomic E-state index is 13.1. The molecular formula is C23H20N4OS2. The van der Waals surface area contributed by atoms with Gasteiger partial charge < -0.3 is 0 Å². The zero-order chi connectivity index (χ0) is 20.7. The predicted molar refractivity (Wildman–Crippen MR) is 122 cm³/mol. The molecule has 2 aliphatic rings. The lowest BCUT2D eigenvalue weighted by Gasteiger charge is -2.33. The number of hydrazone groups is 1. The maximum absolute atomic E-state index is 13.1. The van der Waals surface area contributed by atoms with Gasteiger partial charge in [-0.25, -0.2) is 5.01 Å². The number of hydrogen-bond donors (Lipinski definition) is 1. The lowest BCUT2D eigenvalue weighted by atomic mass is 10.1. The molecule has 2 aliphatic heterocycles. The average molecular weight is 433 g/mol. The van der Waals surface area contributed by atoms with Crippen LogP contribution in [0.2, 0.25) is 0 Å². The molecule has 150 valence electrons. The largest absolute Gasteiger partial charge is 0.298 e. The van der Waals surface area contributed by atoms with Gasteiger partial charge in [-0.2, -0.15) is 0 Å². The molecule has 1 atom stereocenters. The number of thioether (sulfide) groups is 1. The summed E-state index contributed by atoms with van der Waals surface area (Å²) in [6.45, 7) is 4.15. The van der Waals surface area contributed by atoms with E-state index in [-0.39, 0.29) is 12.1 Å². The Balaban J connectivity index is 1.55. The van der Waals surface area contributed by atoms with E-state index in [1.165, 1.54) is 22.9 Å². The molecule has 0 radical (unpaired) electrons. The zero-order valence-corrected chi connectivity index (χ0v) is 18.3. The van der Waals surface area contributed by atoms with Crippen molar-refractivity contribution in [2.24, 2.45) is 10.1 Å². The number of amides is 1. The highest BCUT2D eigenvalue weighted by atomic mass is 32.2. The molecule has 5 nitrogen and oxygen atoms in total. The summed E-state index contributed by atoms with van der Waals surface area (Å²) in [6, 6.07) is 18.2. The van der Waals surface area contributed by atoms with Crippen LogP contribution in [-0.2, 0) is 10.5 Å². The van der Waals surface area contributed by atoms with Crippen LogP contribution in [0.1, 0.15) is 27.7 Å². The van der Waals surface area contributed by atoms with Crippen molar-refractivity contribution in [3.8, 4) is 0 Å². The van der Waals surface area contributed by atoms with Crippen molar-refractivity contribution in [1.82, 2.24) is 10.3 Å². The Hall–Kier alpha value is -2.90. The minimum Gasteiger partial charge on any atom is -0.298 e. The standard InChI is InChI=1S/C23H20N4OS2/c1-14-7-9-16(10-8-14)13-30-23-25-22(28)19-17-5-3-4-6-18(17)24-21(27(19)26-23)20-15(2)11-12-29-20/h3-12,21H,13H2,1-2H3,(H,25,26,28)/t21-/m0/s1. The van der Waals surface area contributed by atoms with Crippen molar-refractivity contribution >= 4 is 39.9 Å². The number of fused-ring (bicyclic) bond motifs is 2. The van der Waals surface area contributed by atoms with E-state index in [0.29, 0.717) is 10.9 Å². The van der Waals surface area contributed by atoms with Crippen LogP contribution in [0, 0.1) is 13.8 Å². The Morgan fingerprint density at radius 2 is 1.90 bits per heavy atom. The van der Waals surface area contributed by atoms with Gasteiger partial charge in [-0.3, -0.25) is 15.1 Å². The third-order valence-corrected chi connectivity index (χ3v) is 7.14. The molecule has 0 unspecified atom stereocenters. The molecule has 0 spiro atoms. The molecule has 30 heavy (non-hydrogen) atoms. The highest BCUT2D eigenvalue weighted by Crippen LogP contribution is 2.35. The first-order valence-corrected chi connectivity index (χ1v) is 11.6. The quantitative estimate of drug-likeness (QED) is 0.690.